The van der Waals surface area contributed by atoms with Gasteiger partial charge in [0.1, 0.15) is 16.7 Å². The molecule has 44 heavy (non-hydrogen) atoms. The number of benzene rings is 1. The van der Waals surface area contributed by atoms with E-state index in [1.807, 2.05) is 31.6 Å². The second-order valence-electron chi connectivity index (χ2n) is 11.6. The summed E-state index contributed by atoms with van der Waals surface area (Å²) in [4.78, 5) is 35.4. The van der Waals surface area contributed by atoms with E-state index >= 15 is 0 Å². The van der Waals surface area contributed by atoms with Crippen molar-refractivity contribution in [1.29, 1.82) is 0 Å². The fraction of sp³-hybridized carbons (Fsp3) is 0.467. The van der Waals surface area contributed by atoms with Gasteiger partial charge in [0.25, 0.3) is 11.7 Å². The summed E-state index contributed by atoms with van der Waals surface area (Å²) in [6.45, 7) is 12.9. The predicted octanol–water partition coefficient (Wildman–Crippen LogP) is 1.47. The van der Waals surface area contributed by atoms with Crippen molar-refractivity contribution in [3.05, 3.63) is 52.9 Å². The maximum atomic E-state index is 12.9. The Morgan fingerprint density at radius 2 is 1.89 bits per heavy atom. The molecule has 1 aliphatic heterocycles. The third-order valence-electron chi connectivity index (χ3n) is 7.63. The number of nitrogens with two attached hydrogens (primary N) is 1. The number of fused-ring (bicyclic) bond motifs is 1. The van der Waals surface area contributed by atoms with Crippen LogP contribution in [0.15, 0.2) is 41.4 Å². The molecule has 1 fully saturated rings. The number of rotatable bonds is 7. The molecule has 0 atom stereocenters. The van der Waals surface area contributed by atoms with Crippen LogP contribution in [-0.2, 0) is 24.4 Å². The van der Waals surface area contributed by atoms with Crippen molar-refractivity contribution in [2.24, 2.45) is 0 Å². The smallest absolute Gasteiger partial charge is 0.410 e. The van der Waals surface area contributed by atoms with Crippen molar-refractivity contribution in [2.75, 3.05) is 18.8 Å². The van der Waals surface area contributed by atoms with Gasteiger partial charge in [0.05, 0.1) is 31.5 Å². The molecule has 3 aromatic heterocycles. The molecular formula is C30H39BrIN9O3. The maximum absolute atomic E-state index is 12.9. The van der Waals surface area contributed by atoms with Crippen molar-refractivity contribution >= 4 is 44.8 Å². The van der Waals surface area contributed by atoms with Crippen molar-refractivity contribution in [3.63, 3.8) is 0 Å². The maximum Gasteiger partial charge on any atom is 0.410 e. The molecular weight excluding hydrogens is 741 g/mol. The van der Waals surface area contributed by atoms with E-state index in [0.29, 0.717) is 24.2 Å². The van der Waals surface area contributed by atoms with Crippen molar-refractivity contribution in [3.8, 4) is 11.1 Å². The first-order chi connectivity index (χ1) is 20.5. The van der Waals surface area contributed by atoms with E-state index in [9.17, 15) is 9.59 Å². The third-order valence-corrected chi connectivity index (χ3v) is 8.01. The second kappa shape index (κ2) is 13.8. The number of carbonyl (C=O) groups is 2. The van der Waals surface area contributed by atoms with E-state index in [1.165, 1.54) is 6.20 Å². The highest BCUT2D eigenvalue weighted by Gasteiger charge is 2.29. The van der Waals surface area contributed by atoms with Crippen LogP contribution in [0.5, 0.6) is 0 Å². The summed E-state index contributed by atoms with van der Waals surface area (Å²) in [7, 11) is 0. The molecule has 236 valence electrons. The first-order valence-electron chi connectivity index (χ1n) is 14.6. The average molecular weight is 781 g/mol. The molecule has 1 saturated heterocycles. The number of nitrogen functional groups attached to an aromatic ring is 1. The number of anilines is 1. The number of amides is 2. The van der Waals surface area contributed by atoms with Crippen molar-refractivity contribution < 1.29 is 42.9 Å². The number of carbonyl (C=O) groups excluding carboxylic acids is 2. The summed E-state index contributed by atoms with van der Waals surface area (Å²) in [5.41, 5.74) is 9.74. The van der Waals surface area contributed by atoms with Crippen LogP contribution in [-0.4, -0.2) is 59.9 Å². The van der Waals surface area contributed by atoms with Crippen LogP contribution in [0, 0.1) is 0 Å². The van der Waals surface area contributed by atoms with Crippen LogP contribution in [0.2, 0.25) is 0 Å². The summed E-state index contributed by atoms with van der Waals surface area (Å²) >= 11 is 3.25. The number of hydrogen-bond donors (Lipinski definition) is 2. The number of piperidine rings is 1. The first kappa shape index (κ1) is 33.6. The van der Waals surface area contributed by atoms with Gasteiger partial charge in [-0.3, -0.25) is 9.48 Å². The number of aromatic nitrogens is 6. The highest BCUT2D eigenvalue weighted by atomic mass is 127. The number of ether oxygens (including phenoxy) is 1. The van der Waals surface area contributed by atoms with Gasteiger partial charge >= 0.3 is 6.09 Å². The molecule has 12 nitrogen and oxygen atoms in total. The van der Waals surface area contributed by atoms with Crippen molar-refractivity contribution in [1.82, 2.24) is 34.5 Å². The van der Waals surface area contributed by atoms with E-state index in [2.05, 4.69) is 78.6 Å². The van der Waals surface area contributed by atoms with Gasteiger partial charge in [-0.2, -0.15) is 5.10 Å². The normalized spacial score (nSPS) is 14.0. The van der Waals surface area contributed by atoms with E-state index in [4.69, 9.17) is 15.6 Å². The minimum Gasteiger partial charge on any atom is -1.00 e. The first-order valence-corrected chi connectivity index (χ1v) is 15.4. The van der Waals surface area contributed by atoms with Crippen LogP contribution in [0.25, 0.3) is 22.2 Å². The zero-order valence-electron chi connectivity index (χ0n) is 25.7. The van der Waals surface area contributed by atoms with Crippen LogP contribution < -0.4 is 39.6 Å². The molecule has 1 aromatic carbocycles. The van der Waals surface area contributed by atoms with Crippen LogP contribution >= 0.6 is 15.9 Å². The molecule has 14 heteroatoms. The van der Waals surface area contributed by atoms with Crippen LogP contribution in [0.4, 0.5) is 10.6 Å². The zero-order valence-corrected chi connectivity index (χ0v) is 29.4. The molecule has 0 aliphatic carbocycles. The van der Waals surface area contributed by atoms with E-state index in [1.54, 1.807) is 4.90 Å². The Balaban J connectivity index is 0.00000442. The molecule has 4 heterocycles. The van der Waals surface area contributed by atoms with Gasteiger partial charge in [-0.1, -0.05) is 0 Å². The molecule has 0 unspecified atom stereocenters. The quantitative estimate of drug-likeness (QED) is 0.214. The second-order valence-corrected chi connectivity index (χ2v) is 12.4. The number of aryl methyl sites for hydroxylation is 2. The number of nitrogens with one attached hydrogen (secondary N) is 1. The van der Waals surface area contributed by atoms with Crippen molar-refractivity contribution in [2.45, 2.75) is 78.7 Å². The molecule has 0 bridgehead atoms. The minimum absolute atomic E-state index is 0. The van der Waals surface area contributed by atoms with Crippen LogP contribution in [0.3, 0.4) is 0 Å². The summed E-state index contributed by atoms with van der Waals surface area (Å²) in [6, 6.07) is 6.64. The number of likely N-dealkylation sites (tertiary alicyclic amines) is 1. The summed E-state index contributed by atoms with van der Waals surface area (Å²) in [5, 5.41) is 7.67. The lowest BCUT2D eigenvalue weighted by Crippen LogP contribution is -3.00. The average Bonchev–Trinajstić information content (AvgIpc) is 3.58. The topological polar surface area (TPSA) is 137 Å². The van der Waals surface area contributed by atoms with Gasteiger partial charge in [0.2, 0.25) is 0 Å². The lowest BCUT2D eigenvalue weighted by molar-refractivity contribution is -0.676. The van der Waals surface area contributed by atoms with E-state index in [-0.39, 0.29) is 53.5 Å². The van der Waals surface area contributed by atoms with Gasteiger partial charge in [-0.15, -0.1) is 0 Å². The largest absolute Gasteiger partial charge is 1.00 e. The third kappa shape index (κ3) is 7.16. The molecule has 5 rings (SSSR count). The molecule has 0 spiro atoms. The summed E-state index contributed by atoms with van der Waals surface area (Å²) in [6.07, 6.45) is 6.84. The van der Waals surface area contributed by atoms with Crippen LogP contribution in [0.1, 0.15) is 69.8 Å². The summed E-state index contributed by atoms with van der Waals surface area (Å²) < 4.78 is 12.4. The Hall–Kier alpha value is -3.27. The highest BCUT2D eigenvalue weighted by molar-refractivity contribution is 9.10. The predicted molar refractivity (Wildman–Crippen MR) is 166 cm³/mol. The molecule has 2 amide bonds. The Kier molecular flexibility index (Phi) is 10.5. The Morgan fingerprint density at radius 1 is 1.16 bits per heavy atom. The minimum atomic E-state index is -0.502. The Morgan fingerprint density at radius 3 is 2.55 bits per heavy atom. The lowest BCUT2D eigenvalue weighted by atomic mass is 10.1. The zero-order chi connectivity index (χ0) is 30.9. The summed E-state index contributed by atoms with van der Waals surface area (Å²) in [5.74, 6) is 0.672. The van der Waals surface area contributed by atoms with Gasteiger partial charge in [0, 0.05) is 24.8 Å². The fourth-order valence-electron chi connectivity index (χ4n) is 5.58. The van der Waals surface area contributed by atoms with E-state index < -0.39 is 5.60 Å². The number of imidazole rings is 1. The molecule has 0 saturated carbocycles. The Labute approximate surface area is 282 Å². The van der Waals surface area contributed by atoms with Gasteiger partial charge in [0.15, 0.2) is 22.5 Å². The number of nitrogens with zero attached hydrogens (tertiary/aromatic N) is 7. The molecule has 3 N–H and O–H groups in total. The standard InChI is InChI=1S/C30H38BrN9O3.HI/c1-6-38-22-9-8-19(20-15-35-40(18-20)21-10-12-37(13-11-21)29(42)43-30(3,4)5)14-23(22)39(7-2)25(38)17-34-28(41)26-27(32)33-16-24(31)36-26;/h8-9,14-16,18,21H,6-7,10-13,17H2,1-5H3,(H2-,32,33,34,41);1H. The number of halogens is 2. The highest BCUT2D eigenvalue weighted by Crippen LogP contribution is 2.28. The molecule has 1 aliphatic rings. The monoisotopic (exact) mass is 779 g/mol. The Bertz CT molecular complexity index is 1660. The molecule has 0 radical (unpaired) electrons. The van der Waals surface area contributed by atoms with Gasteiger partial charge in [-0.05, 0) is 87.2 Å². The molecule has 4 aromatic rings. The van der Waals surface area contributed by atoms with E-state index in [0.717, 1.165) is 53.9 Å². The van der Waals surface area contributed by atoms with Gasteiger partial charge in [-0.25, -0.2) is 23.9 Å². The lowest BCUT2D eigenvalue weighted by Gasteiger charge is -2.33. The SMILES string of the molecule is CCn1c(CNC(=O)c2nc(Br)cnc2N)[n+](CC)c2ccc(-c3cnn(C4CCN(C(=O)OC(C)(C)C)CC4)c3)cc21.[I-]. The number of hydrogen-bond acceptors (Lipinski definition) is 7. The fourth-order valence-corrected chi connectivity index (χ4v) is 5.86. The van der Waals surface area contributed by atoms with Gasteiger partial charge < -0.3 is 44.7 Å².